The van der Waals surface area contributed by atoms with Crippen LogP contribution in [0.15, 0.2) is 24.3 Å². The van der Waals surface area contributed by atoms with Crippen LogP contribution in [0.2, 0.25) is 0 Å². The van der Waals surface area contributed by atoms with Crippen LogP contribution in [0, 0.1) is 0 Å². The standard InChI is InChI=1S/C14H18N4O4S2.C6H12N2O2S2/c1-3-21-13(19)17-11(23)15-9-7-5-6-8-10(9)16-12(24)18-14(20)22-4-2;1-7(2)5(9)11-12-6(10)8(3)4/h5-8H,3-4H2,1-2H3,(H2,15,17,19,23)(H2,16,18,20,24);1-4H3. The number of hydrogen-bond acceptors (Lipinski definition) is 10. The second kappa shape index (κ2) is 18.4. The molecule has 4 amide bonds. The molecule has 16 heteroatoms. The van der Waals surface area contributed by atoms with Crippen molar-refractivity contribution >= 4 is 90.3 Å². The van der Waals surface area contributed by atoms with Crippen molar-refractivity contribution in [2.45, 2.75) is 13.8 Å². The number of nitrogens with zero attached hydrogens (tertiary/aromatic N) is 2. The number of rotatable bonds is 4. The molecular weight excluding hydrogens is 549 g/mol. The molecule has 0 aliphatic heterocycles. The average Bonchev–Trinajstić information content (AvgIpc) is 2.78. The van der Waals surface area contributed by atoms with Crippen molar-refractivity contribution in [1.82, 2.24) is 20.4 Å². The van der Waals surface area contributed by atoms with Crippen LogP contribution in [0.3, 0.4) is 0 Å². The fourth-order valence-corrected chi connectivity index (χ4v) is 3.90. The molecule has 1 aromatic carbocycles. The third-order valence-corrected chi connectivity index (χ3v) is 5.93. The van der Waals surface area contributed by atoms with Gasteiger partial charge in [-0.15, -0.1) is 0 Å². The van der Waals surface area contributed by atoms with E-state index in [0.717, 1.165) is 21.6 Å². The van der Waals surface area contributed by atoms with Gasteiger partial charge < -0.3 is 29.9 Å². The van der Waals surface area contributed by atoms with E-state index in [0.29, 0.717) is 11.4 Å². The summed E-state index contributed by atoms with van der Waals surface area (Å²) >= 11 is 10.1. The first-order chi connectivity index (χ1) is 16.9. The highest BCUT2D eigenvalue weighted by molar-refractivity contribution is 8.87. The Balaban J connectivity index is 0.000000860. The van der Waals surface area contributed by atoms with Gasteiger partial charge in [-0.1, -0.05) is 12.1 Å². The Morgan fingerprint density at radius 1 is 0.750 bits per heavy atom. The summed E-state index contributed by atoms with van der Waals surface area (Å²) in [7, 11) is 8.46. The number of amides is 4. The van der Waals surface area contributed by atoms with Crippen molar-refractivity contribution < 1.29 is 28.7 Å². The molecule has 0 unspecified atom stereocenters. The fourth-order valence-electron chi connectivity index (χ4n) is 1.75. The highest BCUT2D eigenvalue weighted by atomic mass is 33.1. The van der Waals surface area contributed by atoms with Crippen molar-refractivity contribution in [1.29, 1.82) is 0 Å². The molecule has 1 aromatic rings. The Kier molecular flexibility index (Phi) is 17.0. The topological polar surface area (TPSA) is 141 Å². The molecule has 200 valence electrons. The maximum atomic E-state index is 11.3. The smallest absolute Gasteiger partial charge is 0.413 e. The lowest BCUT2D eigenvalue weighted by Gasteiger charge is -2.15. The quantitative estimate of drug-likeness (QED) is 0.299. The van der Waals surface area contributed by atoms with Gasteiger partial charge in [0.05, 0.1) is 24.6 Å². The van der Waals surface area contributed by atoms with E-state index in [9.17, 15) is 19.2 Å². The minimum atomic E-state index is -0.653. The van der Waals surface area contributed by atoms with Gasteiger partial charge in [-0.2, -0.15) is 0 Å². The van der Waals surface area contributed by atoms with Gasteiger partial charge in [-0.3, -0.25) is 20.2 Å². The second-order valence-electron chi connectivity index (χ2n) is 6.63. The van der Waals surface area contributed by atoms with Gasteiger partial charge >= 0.3 is 12.2 Å². The van der Waals surface area contributed by atoms with Crippen molar-refractivity contribution in [3.05, 3.63) is 24.3 Å². The fraction of sp³-hybridized carbons (Fsp3) is 0.400. The monoisotopic (exact) mass is 578 g/mol. The molecular formula is C20H30N6O6S4. The summed E-state index contributed by atoms with van der Waals surface area (Å²) in [6.45, 7) is 3.85. The number of thiocarbonyl (C=S) groups is 2. The average molecular weight is 579 g/mol. The second-order valence-corrected chi connectivity index (χ2v) is 9.48. The number of hydrogen-bond donors (Lipinski definition) is 4. The minimum Gasteiger partial charge on any atom is -0.450 e. The minimum absolute atomic E-state index is 0.0620. The third-order valence-electron chi connectivity index (χ3n) is 3.32. The summed E-state index contributed by atoms with van der Waals surface area (Å²) in [6, 6.07) is 6.97. The van der Waals surface area contributed by atoms with E-state index in [2.05, 4.69) is 21.3 Å². The summed E-state index contributed by atoms with van der Waals surface area (Å²) in [4.78, 5) is 47.5. The zero-order valence-corrected chi connectivity index (χ0v) is 24.0. The van der Waals surface area contributed by atoms with E-state index in [4.69, 9.17) is 33.9 Å². The van der Waals surface area contributed by atoms with Crippen LogP contribution in [-0.2, 0) is 9.47 Å². The Bertz CT molecular complexity index is 859. The lowest BCUT2D eigenvalue weighted by atomic mass is 10.2. The summed E-state index contributed by atoms with van der Waals surface area (Å²) in [5, 5.41) is 10.3. The lowest BCUT2D eigenvalue weighted by molar-refractivity contribution is 0.157. The van der Waals surface area contributed by atoms with Crippen LogP contribution in [-0.4, -0.2) is 84.1 Å². The first-order valence-corrected chi connectivity index (χ1v) is 13.2. The van der Waals surface area contributed by atoms with Crippen LogP contribution in [0.1, 0.15) is 13.8 Å². The number of nitrogens with one attached hydrogen (secondary N) is 4. The lowest BCUT2D eigenvalue weighted by Crippen LogP contribution is -2.36. The van der Waals surface area contributed by atoms with E-state index < -0.39 is 12.2 Å². The third kappa shape index (κ3) is 15.2. The molecule has 0 aliphatic rings. The number of benzene rings is 1. The number of ether oxygens (including phenoxy) is 2. The first kappa shape index (κ1) is 33.2. The number of carbonyl (C=O) groups excluding carboxylic acids is 4. The molecule has 36 heavy (non-hydrogen) atoms. The maximum absolute atomic E-state index is 11.3. The predicted molar refractivity (Wildman–Crippen MR) is 153 cm³/mol. The molecule has 4 N–H and O–H groups in total. The highest BCUT2D eigenvalue weighted by Crippen LogP contribution is 2.25. The predicted octanol–water partition coefficient (Wildman–Crippen LogP) is 4.30. The SMILES string of the molecule is CCOC(=O)NC(=S)Nc1ccccc1NC(=S)NC(=O)OCC.CN(C)C(=O)SSC(=O)N(C)C. The molecule has 0 fully saturated rings. The maximum Gasteiger partial charge on any atom is 0.413 e. The summed E-state index contributed by atoms with van der Waals surface area (Å²) in [6.07, 6.45) is -1.31. The number of carbonyl (C=O) groups is 4. The summed E-state index contributed by atoms with van der Waals surface area (Å²) < 4.78 is 9.47. The van der Waals surface area contributed by atoms with Gasteiger partial charge in [0, 0.05) is 49.8 Å². The van der Waals surface area contributed by atoms with Crippen LogP contribution in [0.25, 0.3) is 0 Å². The van der Waals surface area contributed by atoms with E-state index in [1.807, 2.05) is 0 Å². The molecule has 1 rings (SSSR count). The van der Waals surface area contributed by atoms with Crippen LogP contribution < -0.4 is 21.3 Å². The van der Waals surface area contributed by atoms with Crippen LogP contribution >= 0.6 is 46.0 Å². The number of para-hydroxylation sites is 2. The van der Waals surface area contributed by atoms with Gasteiger partial charge in [-0.05, 0) is 50.4 Å². The molecule has 0 saturated carbocycles. The van der Waals surface area contributed by atoms with E-state index in [1.54, 1.807) is 66.3 Å². The van der Waals surface area contributed by atoms with E-state index in [-0.39, 0.29) is 33.9 Å². The number of alkyl carbamates (subject to hydrolysis) is 2. The highest BCUT2D eigenvalue weighted by Gasteiger charge is 2.12. The van der Waals surface area contributed by atoms with Gasteiger partial charge in [0.1, 0.15) is 0 Å². The zero-order chi connectivity index (χ0) is 27.7. The summed E-state index contributed by atoms with van der Waals surface area (Å²) in [5.74, 6) is 0. The van der Waals surface area contributed by atoms with Crippen molar-refractivity contribution in [2.24, 2.45) is 0 Å². The molecule has 0 bridgehead atoms. The molecule has 0 radical (unpaired) electrons. The molecule has 0 atom stereocenters. The molecule has 0 aromatic heterocycles. The normalized spacial score (nSPS) is 9.39. The van der Waals surface area contributed by atoms with E-state index in [1.165, 1.54) is 9.80 Å². The van der Waals surface area contributed by atoms with Gasteiger partial charge in [0.2, 0.25) is 0 Å². The Morgan fingerprint density at radius 3 is 1.36 bits per heavy atom. The number of anilines is 2. The molecule has 12 nitrogen and oxygen atoms in total. The van der Waals surface area contributed by atoms with E-state index >= 15 is 0 Å². The first-order valence-electron chi connectivity index (χ1n) is 10.3. The Hall–Kier alpha value is -2.82. The summed E-state index contributed by atoms with van der Waals surface area (Å²) in [5.41, 5.74) is 1.10. The Labute approximate surface area is 229 Å². The molecule has 0 saturated heterocycles. The molecule has 0 heterocycles. The van der Waals surface area contributed by atoms with Crippen LogP contribution in [0.5, 0.6) is 0 Å². The van der Waals surface area contributed by atoms with Gasteiger partial charge in [-0.25, -0.2) is 9.59 Å². The van der Waals surface area contributed by atoms with Crippen molar-refractivity contribution in [3.8, 4) is 0 Å². The zero-order valence-electron chi connectivity index (χ0n) is 20.7. The van der Waals surface area contributed by atoms with Crippen molar-refractivity contribution in [3.63, 3.8) is 0 Å². The van der Waals surface area contributed by atoms with Gasteiger partial charge in [0.15, 0.2) is 10.2 Å². The molecule has 0 aliphatic carbocycles. The van der Waals surface area contributed by atoms with Crippen LogP contribution in [0.4, 0.5) is 30.6 Å². The Morgan fingerprint density at radius 2 is 1.08 bits per heavy atom. The van der Waals surface area contributed by atoms with Gasteiger partial charge in [0.25, 0.3) is 10.5 Å². The largest absolute Gasteiger partial charge is 0.450 e. The van der Waals surface area contributed by atoms with Crippen molar-refractivity contribution in [2.75, 3.05) is 52.0 Å². The molecule has 0 spiro atoms.